The van der Waals surface area contributed by atoms with E-state index in [1.54, 1.807) is 23.3 Å². The summed E-state index contributed by atoms with van der Waals surface area (Å²) in [5.74, 6) is 1.24. The van der Waals surface area contributed by atoms with Crippen LogP contribution in [0.15, 0.2) is 61.3 Å². The van der Waals surface area contributed by atoms with Crippen LogP contribution in [0.1, 0.15) is 35.2 Å². The zero-order chi connectivity index (χ0) is 18.5. The topological polar surface area (TPSA) is 63.9 Å². The van der Waals surface area contributed by atoms with Crippen LogP contribution in [-0.2, 0) is 6.42 Å². The number of hydrogen-bond acceptors (Lipinski definition) is 4. The van der Waals surface area contributed by atoms with Crippen molar-refractivity contribution >= 4 is 5.91 Å². The summed E-state index contributed by atoms with van der Waals surface area (Å²) in [7, 11) is 0. The van der Waals surface area contributed by atoms with Gasteiger partial charge in [-0.05, 0) is 49.3 Å². The van der Waals surface area contributed by atoms with E-state index in [1.165, 1.54) is 18.3 Å². The van der Waals surface area contributed by atoms with Crippen molar-refractivity contribution in [2.24, 2.45) is 5.92 Å². The number of pyridine rings is 1. The number of likely N-dealkylation sites (tertiary alicyclic amines) is 1. The molecule has 0 saturated carbocycles. The highest BCUT2D eigenvalue weighted by atomic mass is 16.2. The van der Waals surface area contributed by atoms with Crippen molar-refractivity contribution in [3.63, 3.8) is 0 Å². The lowest BCUT2D eigenvalue weighted by Crippen LogP contribution is -2.39. The fourth-order valence-electron chi connectivity index (χ4n) is 3.67. The molecule has 4 rings (SSSR count). The minimum Gasteiger partial charge on any atom is -0.339 e. The van der Waals surface area contributed by atoms with E-state index in [4.69, 9.17) is 0 Å². The third kappa shape index (κ3) is 4.05. The van der Waals surface area contributed by atoms with Crippen molar-refractivity contribution in [2.75, 3.05) is 13.1 Å². The van der Waals surface area contributed by atoms with Crippen molar-refractivity contribution < 1.29 is 4.79 Å². The second-order valence-corrected chi connectivity index (χ2v) is 6.97. The molecule has 3 heterocycles. The van der Waals surface area contributed by atoms with Crippen molar-refractivity contribution in [3.05, 3.63) is 72.4 Å². The molecule has 0 spiro atoms. The van der Waals surface area contributed by atoms with Gasteiger partial charge in [-0.15, -0.1) is 0 Å². The van der Waals surface area contributed by atoms with Gasteiger partial charge in [-0.3, -0.25) is 4.79 Å². The van der Waals surface area contributed by atoms with Crippen LogP contribution in [-0.4, -0.2) is 43.6 Å². The van der Waals surface area contributed by atoms with Gasteiger partial charge in [0.25, 0.3) is 5.91 Å². The van der Waals surface area contributed by atoms with Gasteiger partial charge in [0.1, 0.15) is 12.7 Å². The quantitative estimate of drug-likeness (QED) is 0.700. The van der Waals surface area contributed by atoms with E-state index in [9.17, 15) is 4.79 Å². The minimum atomic E-state index is 0.0232. The molecule has 0 N–H and O–H groups in total. The van der Waals surface area contributed by atoms with E-state index in [1.807, 2.05) is 11.0 Å². The van der Waals surface area contributed by atoms with Gasteiger partial charge < -0.3 is 4.90 Å². The number of aryl methyl sites for hydroxylation is 1. The fourth-order valence-corrected chi connectivity index (χ4v) is 3.67. The maximum Gasteiger partial charge on any atom is 0.257 e. The molecule has 1 saturated heterocycles. The summed E-state index contributed by atoms with van der Waals surface area (Å²) in [6.07, 6.45) is 9.08. The Morgan fingerprint density at radius 2 is 1.89 bits per heavy atom. The third-order valence-corrected chi connectivity index (χ3v) is 5.24. The summed E-state index contributed by atoms with van der Waals surface area (Å²) in [5.41, 5.74) is 1.97. The molecule has 0 radical (unpaired) electrons. The van der Waals surface area contributed by atoms with Crippen LogP contribution in [0.2, 0.25) is 0 Å². The third-order valence-electron chi connectivity index (χ3n) is 5.24. The molecule has 1 fully saturated rings. The first-order valence-electron chi connectivity index (χ1n) is 9.44. The average molecular weight is 361 g/mol. The summed E-state index contributed by atoms with van der Waals surface area (Å²) in [5, 5.41) is 4.11. The molecule has 0 aliphatic carbocycles. The zero-order valence-corrected chi connectivity index (χ0v) is 15.2. The Bertz CT molecular complexity index is 871. The Morgan fingerprint density at radius 3 is 2.63 bits per heavy atom. The van der Waals surface area contributed by atoms with E-state index < -0.39 is 0 Å². The highest BCUT2D eigenvalue weighted by Crippen LogP contribution is 2.24. The molecule has 6 nitrogen and oxygen atoms in total. The van der Waals surface area contributed by atoms with E-state index in [-0.39, 0.29) is 5.91 Å². The van der Waals surface area contributed by atoms with E-state index in [2.05, 4.69) is 45.4 Å². The molecule has 138 valence electrons. The molecule has 0 bridgehead atoms. The maximum atomic E-state index is 13.0. The molecule has 1 aliphatic rings. The highest BCUT2D eigenvalue weighted by Gasteiger charge is 2.25. The first-order chi connectivity index (χ1) is 13.3. The van der Waals surface area contributed by atoms with Crippen molar-refractivity contribution in [1.29, 1.82) is 0 Å². The smallest absolute Gasteiger partial charge is 0.257 e. The van der Waals surface area contributed by atoms with Crippen LogP contribution in [0.3, 0.4) is 0 Å². The molecule has 1 aliphatic heterocycles. The van der Waals surface area contributed by atoms with E-state index in [0.29, 0.717) is 17.3 Å². The molecule has 6 heteroatoms. The van der Waals surface area contributed by atoms with Gasteiger partial charge in [-0.2, -0.15) is 5.10 Å². The second kappa shape index (κ2) is 8.12. The molecule has 0 atom stereocenters. The van der Waals surface area contributed by atoms with Crippen molar-refractivity contribution in [2.45, 2.75) is 25.7 Å². The lowest BCUT2D eigenvalue weighted by Gasteiger charge is -2.32. The van der Waals surface area contributed by atoms with Crippen molar-refractivity contribution in [3.8, 4) is 5.82 Å². The number of benzene rings is 1. The van der Waals surface area contributed by atoms with Crippen LogP contribution in [0.5, 0.6) is 0 Å². The van der Waals surface area contributed by atoms with Gasteiger partial charge in [-0.25, -0.2) is 14.6 Å². The standard InChI is InChI=1S/C21H23N5O/c27-21(19-7-4-12-23-20(19)26-16-22-15-24-26)25-13-10-18(11-14-25)9-8-17-5-2-1-3-6-17/h1-7,12,15-16,18H,8-11,13-14H2. The number of nitrogens with zero attached hydrogens (tertiary/aromatic N) is 5. The first-order valence-corrected chi connectivity index (χ1v) is 9.44. The summed E-state index contributed by atoms with van der Waals surface area (Å²) in [4.78, 5) is 23.2. The zero-order valence-electron chi connectivity index (χ0n) is 15.2. The Hall–Kier alpha value is -3.02. The second-order valence-electron chi connectivity index (χ2n) is 6.97. The summed E-state index contributed by atoms with van der Waals surface area (Å²) < 4.78 is 1.54. The number of piperidine rings is 1. The monoisotopic (exact) mass is 361 g/mol. The van der Waals surface area contributed by atoms with Crippen molar-refractivity contribution in [1.82, 2.24) is 24.6 Å². The van der Waals surface area contributed by atoms with Crippen LogP contribution in [0, 0.1) is 5.92 Å². The summed E-state index contributed by atoms with van der Waals surface area (Å²) in [6.45, 7) is 1.59. The predicted molar refractivity (Wildman–Crippen MR) is 103 cm³/mol. The maximum absolute atomic E-state index is 13.0. The lowest BCUT2D eigenvalue weighted by atomic mass is 9.90. The minimum absolute atomic E-state index is 0.0232. The summed E-state index contributed by atoms with van der Waals surface area (Å²) >= 11 is 0. The molecule has 0 unspecified atom stereocenters. The Kier molecular flexibility index (Phi) is 5.23. The fraction of sp³-hybridized carbons (Fsp3) is 0.333. The molecule has 1 amide bonds. The number of carbonyl (C=O) groups is 1. The Labute approximate surface area is 158 Å². The van der Waals surface area contributed by atoms with E-state index in [0.717, 1.165) is 32.4 Å². The summed E-state index contributed by atoms with van der Waals surface area (Å²) in [6, 6.07) is 14.2. The van der Waals surface area contributed by atoms with Gasteiger partial charge in [0.2, 0.25) is 0 Å². The van der Waals surface area contributed by atoms with Gasteiger partial charge in [0.05, 0.1) is 5.56 Å². The van der Waals surface area contributed by atoms with Crippen LogP contribution in [0.25, 0.3) is 5.82 Å². The molecule has 2 aromatic heterocycles. The van der Waals surface area contributed by atoms with Gasteiger partial charge in [0.15, 0.2) is 5.82 Å². The SMILES string of the molecule is O=C(c1cccnc1-n1cncn1)N1CCC(CCc2ccccc2)CC1. The highest BCUT2D eigenvalue weighted by molar-refractivity contribution is 5.97. The van der Waals surface area contributed by atoms with Crippen LogP contribution in [0.4, 0.5) is 0 Å². The molecule has 3 aromatic rings. The Morgan fingerprint density at radius 1 is 1.07 bits per heavy atom. The van der Waals surface area contributed by atoms with E-state index >= 15 is 0 Å². The molecular formula is C21H23N5O. The van der Waals surface area contributed by atoms with Gasteiger partial charge >= 0.3 is 0 Å². The largest absolute Gasteiger partial charge is 0.339 e. The van der Waals surface area contributed by atoms with Gasteiger partial charge in [-0.1, -0.05) is 30.3 Å². The normalized spacial score (nSPS) is 15.0. The average Bonchev–Trinajstić information content (AvgIpc) is 3.28. The molecule has 1 aromatic carbocycles. The van der Waals surface area contributed by atoms with Crippen LogP contribution >= 0.6 is 0 Å². The number of rotatable bonds is 5. The lowest BCUT2D eigenvalue weighted by molar-refractivity contribution is 0.0686. The predicted octanol–water partition coefficient (Wildman–Crippen LogP) is 3.15. The van der Waals surface area contributed by atoms with Crippen LogP contribution < -0.4 is 0 Å². The molecule has 27 heavy (non-hydrogen) atoms. The number of hydrogen-bond donors (Lipinski definition) is 0. The number of amides is 1. The Balaban J connectivity index is 1.37. The number of aromatic nitrogens is 4. The first kappa shape index (κ1) is 17.4. The number of carbonyl (C=O) groups excluding carboxylic acids is 1. The molecular weight excluding hydrogens is 338 g/mol. The van der Waals surface area contributed by atoms with Gasteiger partial charge in [0, 0.05) is 19.3 Å².